The molecule has 5 nitrogen and oxygen atoms in total. The average Bonchev–Trinajstić information content (AvgIpc) is 3.12. The maximum absolute atomic E-state index is 13.2. The second-order valence-corrected chi connectivity index (χ2v) is 7.45. The Morgan fingerprint density at radius 1 is 1.17 bits per heavy atom. The van der Waals surface area contributed by atoms with Crippen molar-refractivity contribution in [1.82, 2.24) is 10.2 Å². The first-order valence-electron chi connectivity index (χ1n) is 8.83. The Morgan fingerprint density at radius 2 is 1.88 bits per heavy atom. The third-order valence-corrected chi connectivity index (χ3v) is 6.29. The summed E-state index contributed by atoms with van der Waals surface area (Å²) in [7, 11) is 1.61. The maximum atomic E-state index is 13.2. The SMILES string of the molecule is COc1ccccc1[C@@H](C)N1C(=O)NC2(CC23CCCCC3)C1=O. The molecule has 0 aromatic heterocycles. The van der Waals surface area contributed by atoms with Gasteiger partial charge in [-0.1, -0.05) is 37.5 Å². The second-order valence-electron chi connectivity index (χ2n) is 7.45. The van der Waals surface area contributed by atoms with Crippen LogP contribution in [-0.4, -0.2) is 29.5 Å². The summed E-state index contributed by atoms with van der Waals surface area (Å²) in [6, 6.07) is 6.97. The summed E-state index contributed by atoms with van der Waals surface area (Å²) in [4.78, 5) is 27.2. The van der Waals surface area contributed by atoms with Crippen molar-refractivity contribution < 1.29 is 14.3 Å². The highest BCUT2D eigenvalue weighted by molar-refractivity contribution is 6.10. The Kier molecular flexibility index (Phi) is 3.37. The van der Waals surface area contributed by atoms with Crippen molar-refractivity contribution >= 4 is 11.9 Å². The number of carbonyl (C=O) groups is 2. The first-order chi connectivity index (χ1) is 11.5. The van der Waals surface area contributed by atoms with Crippen LogP contribution in [0.25, 0.3) is 0 Å². The van der Waals surface area contributed by atoms with Crippen LogP contribution < -0.4 is 10.1 Å². The fourth-order valence-electron chi connectivity index (χ4n) is 4.87. The number of nitrogens with one attached hydrogen (secondary N) is 1. The van der Waals surface area contributed by atoms with E-state index in [2.05, 4.69) is 5.32 Å². The van der Waals surface area contributed by atoms with Crippen LogP contribution >= 0.6 is 0 Å². The van der Waals surface area contributed by atoms with Crippen molar-refractivity contribution in [2.24, 2.45) is 5.41 Å². The summed E-state index contributed by atoms with van der Waals surface area (Å²) >= 11 is 0. The summed E-state index contributed by atoms with van der Waals surface area (Å²) in [5, 5.41) is 3.05. The van der Waals surface area contributed by atoms with E-state index < -0.39 is 5.54 Å². The molecule has 3 amide bonds. The molecule has 1 aliphatic heterocycles. The zero-order valence-electron chi connectivity index (χ0n) is 14.3. The van der Waals surface area contributed by atoms with Crippen LogP contribution in [0.1, 0.15) is 57.1 Å². The van der Waals surface area contributed by atoms with Gasteiger partial charge in [-0.05, 0) is 32.3 Å². The summed E-state index contributed by atoms with van der Waals surface area (Å²) < 4.78 is 5.40. The zero-order chi connectivity index (χ0) is 16.9. The molecule has 1 unspecified atom stereocenters. The van der Waals surface area contributed by atoms with Crippen LogP contribution in [0.5, 0.6) is 5.75 Å². The lowest BCUT2D eigenvalue weighted by Gasteiger charge is -2.26. The van der Waals surface area contributed by atoms with E-state index in [0.717, 1.165) is 37.7 Å². The van der Waals surface area contributed by atoms with Gasteiger partial charge in [0.2, 0.25) is 0 Å². The normalized spacial score (nSPS) is 29.0. The molecule has 2 atom stereocenters. The second kappa shape index (κ2) is 5.23. The molecule has 3 fully saturated rings. The molecule has 2 aliphatic carbocycles. The smallest absolute Gasteiger partial charge is 0.325 e. The van der Waals surface area contributed by atoms with E-state index >= 15 is 0 Å². The number of hydrogen-bond acceptors (Lipinski definition) is 3. The number of benzene rings is 1. The highest BCUT2D eigenvalue weighted by Gasteiger charge is 2.76. The number of imide groups is 1. The van der Waals surface area contributed by atoms with E-state index in [1.165, 1.54) is 11.3 Å². The van der Waals surface area contributed by atoms with Crippen LogP contribution in [0.2, 0.25) is 0 Å². The van der Waals surface area contributed by atoms with Crippen molar-refractivity contribution in [3.8, 4) is 5.75 Å². The summed E-state index contributed by atoms with van der Waals surface area (Å²) in [6.45, 7) is 1.89. The predicted molar refractivity (Wildman–Crippen MR) is 89.7 cm³/mol. The zero-order valence-corrected chi connectivity index (χ0v) is 14.3. The van der Waals surface area contributed by atoms with Gasteiger partial charge in [-0.2, -0.15) is 0 Å². The van der Waals surface area contributed by atoms with Crippen molar-refractivity contribution in [1.29, 1.82) is 0 Å². The quantitative estimate of drug-likeness (QED) is 0.865. The number of urea groups is 1. The number of para-hydroxylation sites is 1. The molecule has 128 valence electrons. The molecular weight excluding hydrogens is 304 g/mol. The molecule has 2 saturated carbocycles. The third-order valence-electron chi connectivity index (χ3n) is 6.29. The Balaban J connectivity index is 1.63. The maximum Gasteiger partial charge on any atom is 0.325 e. The lowest BCUT2D eigenvalue weighted by atomic mass is 9.82. The number of rotatable bonds is 3. The molecule has 1 saturated heterocycles. The lowest BCUT2D eigenvalue weighted by Crippen LogP contribution is -2.39. The number of hydrogen-bond donors (Lipinski definition) is 1. The molecular formula is C19H24N2O3. The molecule has 0 bridgehead atoms. The van der Waals surface area contributed by atoms with Gasteiger partial charge < -0.3 is 10.1 Å². The minimum atomic E-state index is -0.638. The van der Waals surface area contributed by atoms with Crippen LogP contribution in [0, 0.1) is 5.41 Å². The Morgan fingerprint density at radius 3 is 2.58 bits per heavy atom. The fourth-order valence-corrected chi connectivity index (χ4v) is 4.87. The highest BCUT2D eigenvalue weighted by atomic mass is 16.5. The van der Waals surface area contributed by atoms with Gasteiger partial charge in [0.25, 0.3) is 5.91 Å². The van der Waals surface area contributed by atoms with E-state index in [0.29, 0.717) is 5.75 Å². The van der Waals surface area contributed by atoms with E-state index in [-0.39, 0.29) is 23.4 Å². The van der Waals surface area contributed by atoms with E-state index in [9.17, 15) is 9.59 Å². The van der Waals surface area contributed by atoms with Crippen LogP contribution in [-0.2, 0) is 4.79 Å². The molecule has 4 rings (SSSR count). The van der Waals surface area contributed by atoms with Gasteiger partial charge in [-0.15, -0.1) is 0 Å². The lowest BCUT2D eigenvalue weighted by molar-refractivity contribution is -0.130. The van der Waals surface area contributed by atoms with Crippen molar-refractivity contribution in [3.05, 3.63) is 29.8 Å². The standard InChI is InChI=1S/C19H24N2O3/c1-13(14-8-4-5-9-15(14)24-2)21-16(22)19(20-17(21)23)12-18(19)10-6-3-7-11-18/h4-5,8-9,13H,3,6-7,10-12H2,1-2H3,(H,20,23)/t13-,19?/m1/s1. The van der Waals surface area contributed by atoms with Gasteiger partial charge in [0.05, 0.1) is 13.2 Å². The number of nitrogens with zero attached hydrogens (tertiary/aromatic N) is 1. The minimum Gasteiger partial charge on any atom is -0.496 e. The molecule has 3 aliphatic rings. The molecule has 2 spiro atoms. The largest absolute Gasteiger partial charge is 0.496 e. The number of ether oxygens (including phenoxy) is 1. The van der Waals surface area contributed by atoms with Crippen molar-refractivity contribution in [3.63, 3.8) is 0 Å². The van der Waals surface area contributed by atoms with Gasteiger partial charge >= 0.3 is 6.03 Å². The average molecular weight is 328 g/mol. The molecule has 5 heteroatoms. The summed E-state index contributed by atoms with van der Waals surface area (Å²) in [5.74, 6) is 0.655. The van der Waals surface area contributed by atoms with Crippen molar-refractivity contribution in [2.45, 2.75) is 57.0 Å². The summed E-state index contributed by atoms with van der Waals surface area (Å²) in [5.41, 5.74) is 0.229. The van der Waals surface area contributed by atoms with E-state index in [4.69, 9.17) is 4.74 Å². The first kappa shape index (κ1) is 15.5. The first-order valence-corrected chi connectivity index (χ1v) is 8.83. The highest BCUT2D eigenvalue weighted by Crippen LogP contribution is 2.66. The molecule has 1 N–H and O–H groups in total. The number of amides is 3. The number of fused-ring (bicyclic) bond motifs is 1. The van der Waals surface area contributed by atoms with E-state index in [1.807, 2.05) is 31.2 Å². The Bertz CT molecular complexity index is 696. The van der Waals surface area contributed by atoms with E-state index in [1.54, 1.807) is 7.11 Å². The van der Waals surface area contributed by atoms with Gasteiger partial charge in [-0.3, -0.25) is 9.69 Å². The predicted octanol–water partition coefficient (Wildman–Crippen LogP) is 3.40. The topological polar surface area (TPSA) is 58.6 Å². The third kappa shape index (κ3) is 1.93. The van der Waals surface area contributed by atoms with Gasteiger partial charge in [-0.25, -0.2) is 4.79 Å². The number of methoxy groups -OCH3 is 1. The number of carbonyl (C=O) groups excluding carboxylic acids is 2. The summed E-state index contributed by atoms with van der Waals surface area (Å²) in [6.07, 6.45) is 6.47. The van der Waals surface area contributed by atoms with Crippen LogP contribution in [0.4, 0.5) is 4.79 Å². The minimum absolute atomic E-state index is 0.00718. The molecule has 1 aromatic carbocycles. The van der Waals surface area contributed by atoms with Crippen LogP contribution in [0.15, 0.2) is 24.3 Å². The molecule has 1 heterocycles. The van der Waals surface area contributed by atoms with Crippen molar-refractivity contribution in [2.75, 3.05) is 7.11 Å². The van der Waals surface area contributed by atoms with Crippen LogP contribution in [0.3, 0.4) is 0 Å². The molecule has 0 radical (unpaired) electrons. The van der Waals surface area contributed by atoms with Gasteiger partial charge in [0, 0.05) is 11.0 Å². The Labute approximate surface area is 142 Å². The van der Waals surface area contributed by atoms with Gasteiger partial charge in [0.15, 0.2) is 0 Å². The molecule has 24 heavy (non-hydrogen) atoms. The molecule has 1 aromatic rings. The Hall–Kier alpha value is -2.04. The monoisotopic (exact) mass is 328 g/mol. The fraction of sp³-hybridized carbons (Fsp3) is 0.579. The van der Waals surface area contributed by atoms with Gasteiger partial charge in [0.1, 0.15) is 11.3 Å².